The van der Waals surface area contributed by atoms with Crippen molar-refractivity contribution < 1.29 is 9.53 Å². The second kappa shape index (κ2) is 8.75. The molecule has 1 amide bonds. The first kappa shape index (κ1) is 16.7. The van der Waals surface area contributed by atoms with Gasteiger partial charge in [-0.1, -0.05) is 26.0 Å². The van der Waals surface area contributed by atoms with Crippen molar-refractivity contribution in [1.82, 2.24) is 5.43 Å². The van der Waals surface area contributed by atoms with Gasteiger partial charge in [-0.05, 0) is 37.8 Å². The highest BCUT2D eigenvalue weighted by Crippen LogP contribution is 2.16. The minimum atomic E-state index is -0.341. The molecule has 0 atom stereocenters. The molecule has 0 radical (unpaired) electrons. The molecule has 5 nitrogen and oxygen atoms in total. The Bertz CT molecular complexity index is 545. The zero-order valence-electron chi connectivity index (χ0n) is 12.7. The number of hydrogen-bond donors (Lipinski definition) is 1. The van der Waals surface area contributed by atoms with E-state index in [1.807, 2.05) is 13.0 Å². The number of rotatable bonds is 7. The standard InChI is InChI=1S/C16H21N3O2/c1-12(2)8-9-13(3)18-19-16(20)11-21-15-7-5-4-6-14(15)10-17/h4-7,12H,8-9,11H2,1-3H3,(H,19,20)/b18-13-. The number of amides is 1. The Morgan fingerprint density at radius 3 is 2.81 bits per heavy atom. The van der Waals surface area contributed by atoms with Crippen LogP contribution < -0.4 is 10.2 Å². The summed E-state index contributed by atoms with van der Waals surface area (Å²) < 4.78 is 5.32. The maximum atomic E-state index is 11.6. The molecule has 0 unspecified atom stereocenters. The van der Waals surface area contributed by atoms with Crippen molar-refractivity contribution in [3.8, 4) is 11.8 Å². The quantitative estimate of drug-likeness (QED) is 0.619. The highest BCUT2D eigenvalue weighted by molar-refractivity contribution is 5.84. The number of para-hydroxylation sites is 1. The second-order valence-corrected chi connectivity index (χ2v) is 5.21. The van der Waals surface area contributed by atoms with Crippen LogP contribution in [0.4, 0.5) is 0 Å². The first-order chi connectivity index (χ1) is 10.0. The van der Waals surface area contributed by atoms with E-state index >= 15 is 0 Å². The molecule has 0 bridgehead atoms. The molecule has 1 rings (SSSR count). The molecule has 0 aromatic heterocycles. The summed E-state index contributed by atoms with van der Waals surface area (Å²) >= 11 is 0. The molecule has 0 aliphatic carbocycles. The summed E-state index contributed by atoms with van der Waals surface area (Å²) in [5.74, 6) is 0.666. The van der Waals surface area contributed by atoms with Gasteiger partial charge in [0.25, 0.3) is 5.91 Å². The molecule has 112 valence electrons. The first-order valence-corrected chi connectivity index (χ1v) is 6.97. The monoisotopic (exact) mass is 287 g/mol. The lowest BCUT2D eigenvalue weighted by Gasteiger charge is -2.07. The molecule has 0 aliphatic heterocycles. The van der Waals surface area contributed by atoms with Crippen molar-refractivity contribution >= 4 is 11.6 Å². The van der Waals surface area contributed by atoms with E-state index in [4.69, 9.17) is 10.00 Å². The van der Waals surface area contributed by atoms with Crippen LogP contribution in [-0.2, 0) is 4.79 Å². The average molecular weight is 287 g/mol. The molecule has 0 heterocycles. The van der Waals surface area contributed by atoms with E-state index in [9.17, 15) is 4.79 Å². The van der Waals surface area contributed by atoms with Gasteiger partial charge in [0.05, 0.1) is 5.56 Å². The molecule has 21 heavy (non-hydrogen) atoms. The SMILES string of the molecule is C/C(CCC(C)C)=N/NC(=O)COc1ccccc1C#N. The lowest BCUT2D eigenvalue weighted by Crippen LogP contribution is -2.25. The zero-order valence-corrected chi connectivity index (χ0v) is 12.7. The Balaban J connectivity index is 2.41. The Hall–Kier alpha value is -2.35. The molecule has 1 aromatic carbocycles. The van der Waals surface area contributed by atoms with Gasteiger partial charge in [-0.3, -0.25) is 4.79 Å². The number of nitrogens with zero attached hydrogens (tertiary/aromatic N) is 2. The number of benzene rings is 1. The number of nitriles is 1. The Morgan fingerprint density at radius 1 is 1.43 bits per heavy atom. The van der Waals surface area contributed by atoms with Crippen LogP contribution in [0.5, 0.6) is 5.75 Å². The minimum absolute atomic E-state index is 0.167. The van der Waals surface area contributed by atoms with Gasteiger partial charge in [0, 0.05) is 5.71 Å². The van der Waals surface area contributed by atoms with Gasteiger partial charge in [0.15, 0.2) is 6.61 Å². The van der Waals surface area contributed by atoms with E-state index in [0.717, 1.165) is 18.6 Å². The Kier molecular flexibility index (Phi) is 6.96. The van der Waals surface area contributed by atoms with Crippen LogP contribution in [0, 0.1) is 17.2 Å². The molecule has 0 fully saturated rings. The number of hydrogen-bond acceptors (Lipinski definition) is 4. The number of nitrogens with one attached hydrogen (secondary N) is 1. The third-order valence-corrected chi connectivity index (χ3v) is 2.82. The summed E-state index contributed by atoms with van der Waals surface area (Å²) in [6.45, 7) is 6.01. The van der Waals surface area contributed by atoms with Crippen LogP contribution in [0.3, 0.4) is 0 Å². The fraction of sp³-hybridized carbons (Fsp3) is 0.438. The van der Waals surface area contributed by atoms with E-state index in [2.05, 4.69) is 24.4 Å². The zero-order chi connectivity index (χ0) is 15.7. The summed E-state index contributed by atoms with van der Waals surface area (Å²) in [4.78, 5) is 11.6. The van der Waals surface area contributed by atoms with E-state index in [1.165, 1.54) is 0 Å². The van der Waals surface area contributed by atoms with E-state index in [1.54, 1.807) is 24.3 Å². The maximum Gasteiger partial charge on any atom is 0.277 e. The van der Waals surface area contributed by atoms with Gasteiger partial charge >= 0.3 is 0 Å². The molecule has 5 heteroatoms. The fourth-order valence-corrected chi connectivity index (χ4v) is 1.57. The second-order valence-electron chi connectivity index (χ2n) is 5.21. The molecule has 0 saturated carbocycles. The van der Waals surface area contributed by atoms with Crippen molar-refractivity contribution in [2.24, 2.45) is 11.0 Å². The average Bonchev–Trinajstić information content (AvgIpc) is 2.49. The Labute approximate surface area is 125 Å². The van der Waals surface area contributed by atoms with Crippen molar-refractivity contribution in [3.05, 3.63) is 29.8 Å². The predicted octanol–water partition coefficient (Wildman–Crippen LogP) is 2.87. The maximum absolute atomic E-state index is 11.6. The normalized spacial score (nSPS) is 11.1. The van der Waals surface area contributed by atoms with Gasteiger partial charge in [-0.25, -0.2) is 5.43 Å². The van der Waals surface area contributed by atoms with E-state index in [0.29, 0.717) is 17.2 Å². The summed E-state index contributed by atoms with van der Waals surface area (Å²) in [5, 5.41) is 12.9. The summed E-state index contributed by atoms with van der Waals surface area (Å²) in [5.41, 5.74) is 3.74. The topological polar surface area (TPSA) is 74.5 Å². The molecule has 0 spiro atoms. The number of carbonyl (C=O) groups is 1. The van der Waals surface area contributed by atoms with Crippen LogP contribution in [0.1, 0.15) is 39.2 Å². The molecule has 0 aliphatic rings. The van der Waals surface area contributed by atoms with Crippen LogP contribution in [-0.4, -0.2) is 18.2 Å². The van der Waals surface area contributed by atoms with Crippen LogP contribution in [0.25, 0.3) is 0 Å². The van der Waals surface area contributed by atoms with Crippen LogP contribution in [0.15, 0.2) is 29.4 Å². The summed E-state index contributed by atoms with van der Waals surface area (Å²) in [7, 11) is 0. The van der Waals surface area contributed by atoms with Crippen LogP contribution in [0.2, 0.25) is 0 Å². The number of hydrazone groups is 1. The van der Waals surface area contributed by atoms with Gasteiger partial charge in [-0.15, -0.1) is 0 Å². The molecule has 1 aromatic rings. The largest absolute Gasteiger partial charge is 0.482 e. The van der Waals surface area contributed by atoms with Crippen molar-refractivity contribution in [2.45, 2.75) is 33.6 Å². The third kappa shape index (κ3) is 6.57. The van der Waals surface area contributed by atoms with Crippen molar-refractivity contribution in [1.29, 1.82) is 5.26 Å². The van der Waals surface area contributed by atoms with Gasteiger partial charge in [-0.2, -0.15) is 10.4 Å². The van der Waals surface area contributed by atoms with Crippen molar-refractivity contribution in [3.63, 3.8) is 0 Å². The van der Waals surface area contributed by atoms with Gasteiger partial charge in [0.1, 0.15) is 11.8 Å². The first-order valence-electron chi connectivity index (χ1n) is 6.97. The van der Waals surface area contributed by atoms with E-state index in [-0.39, 0.29) is 12.5 Å². The smallest absolute Gasteiger partial charge is 0.277 e. The molecule has 1 N–H and O–H groups in total. The number of ether oxygens (including phenoxy) is 1. The van der Waals surface area contributed by atoms with Gasteiger partial charge in [0.2, 0.25) is 0 Å². The highest BCUT2D eigenvalue weighted by atomic mass is 16.5. The van der Waals surface area contributed by atoms with Crippen molar-refractivity contribution in [2.75, 3.05) is 6.61 Å². The number of carbonyl (C=O) groups excluding carboxylic acids is 1. The Morgan fingerprint density at radius 2 is 2.14 bits per heavy atom. The highest BCUT2D eigenvalue weighted by Gasteiger charge is 2.05. The molecular formula is C16H21N3O2. The molecular weight excluding hydrogens is 266 g/mol. The fourth-order valence-electron chi connectivity index (χ4n) is 1.57. The van der Waals surface area contributed by atoms with Crippen LogP contribution >= 0.6 is 0 Å². The van der Waals surface area contributed by atoms with E-state index < -0.39 is 0 Å². The summed E-state index contributed by atoms with van der Waals surface area (Å²) in [6.07, 6.45) is 1.90. The summed E-state index contributed by atoms with van der Waals surface area (Å²) in [6, 6.07) is 8.80. The predicted molar refractivity (Wildman–Crippen MR) is 82.0 cm³/mol. The lowest BCUT2D eigenvalue weighted by molar-refractivity contribution is -0.123. The minimum Gasteiger partial charge on any atom is -0.482 e. The third-order valence-electron chi connectivity index (χ3n) is 2.82. The van der Waals surface area contributed by atoms with Gasteiger partial charge < -0.3 is 4.74 Å². The lowest BCUT2D eigenvalue weighted by atomic mass is 10.1. The molecule has 0 saturated heterocycles.